The lowest BCUT2D eigenvalue weighted by molar-refractivity contribution is -0.137. The summed E-state index contributed by atoms with van der Waals surface area (Å²) in [7, 11) is 0. The van der Waals surface area contributed by atoms with Gasteiger partial charge in [-0.25, -0.2) is 8.78 Å². The van der Waals surface area contributed by atoms with Gasteiger partial charge in [-0.1, -0.05) is 17.7 Å². The average Bonchev–Trinajstić information content (AvgIpc) is 2.13. The van der Waals surface area contributed by atoms with Gasteiger partial charge in [-0.2, -0.15) is 0 Å². The molecular formula is C9H8ClF2NO2. The fourth-order valence-corrected chi connectivity index (χ4v) is 1.30. The van der Waals surface area contributed by atoms with Crippen LogP contribution in [-0.4, -0.2) is 11.1 Å². The number of benzene rings is 1. The third-order valence-corrected chi connectivity index (χ3v) is 2.21. The van der Waals surface area contributed by atoms with E-state index in [1.165, 1.54) is 0 Å². The van der Waals surface area contributed by atoms with Crippen LogP contribution in [0.1, 0.15) is 18.0 Å². The molecule has 1 unspecified atom stereocenters. The van der Waals surface area contributed by atoms with Crippen molar-refractivity contribution in [3.63, 3.8) is 0 Å². The van der Waals surface area contributed by atoms with E-state index in [0.29, 0.717) is 0 Å². The summed E-state index contributed by atoms with van der Waals surface area (Å²) in [5.41, 5.74) is 5.31. The largest absolute Gasteiger partial charge is 0.481 e. The average molecular weight is 236 g/mol. The fraction of sp³-hybridized carbons (Fsp3) is 0.222. The highest BCUT2D eigenvalue weighted by Gasteiger charge is 2.18. The lowest BCUT2D eigenvalue weighted by Crippen LogP contribution is -2.16. The highest BCUT2D eigenvalue weighted by atomic mass is 35.5. The molecule has 0 bridgehead atoms. The predicted octanol–water partition coefficient (Wildman–Crippen LogP) is 2.09. The van der Waals surface area contributed by atoms with Crippen molar-refractivity contribution in [3.05, 3.63) is 34.4 Å². The molecule has 3 nitrogen and oxygen atoms in total. The Morgan fingerprint density at radius 2 is 2.13 bits per heavy atom. The molecule has 15 heavy (non-hydrogen) atoms. The number of halogens is 3. The van der Waals surface area contributed by atoms with Gasteiger partial charge >= 0.3 is 5.97 Å². The molecule has 0 aliphatic heterocycles. The lowest BCUT2D eigenvalue weighted by atomic mass is 10.0. The highest BCUT2D eigenvalue weighted by molar-refractivity contribution is 6.30. The molecule has 0 radical (unpaired) electrons. The van der Waals surface area contributed by atoms with Crippen LogP contribution in [0.4, 0.5) is 8.78 Å². The van der Waals surface area contributed by atoms with Crippen LogP contribution in [0.5, 0.6) is 0 Å². The van der Waals surface area contributed by atoms with Gasteiger partial charge < -0.3 is 10.8 Å². The van der Waals surface area contributed by atoms with Gasteiger partial charge in [0.2, 0.25) is 0 Å². The van der Waals surface area contributed by atoms with E-state index in [2.05, 4.69) is 0 Å². The Kier molecular flexibility index (Phi) is 3.60. The Morgan fingerprint density at radius 3 is 2.67 bits per heavy atom. The second-order valence-corrected chi connectivity index (χ2v) is 3.35. The molecule has 82 valence electrons. The molecular weight excluding hydrogens is 228 g/mol. The minimum absolute atomic E-state index is 0.108. The number of carbonyl (C=O) groups is 1. The van der Waals surface area contributed by atoms with E-state index in [-0.39, 0.29) is 5.56 Å². The molecule has 0 aliphatic carbocycles. The van der Waals surface area contributed by atoms with E-state index < -0.39 is 35.1 Å². The molecule has 0 amide bonds. The van der Waals surface area contributed by atoms with Crippen LogP contribution < -0.4 is 5.73 Å². The van der Waals surface area contributed by atoms with Crippen LogP contribution in [0.2, 0.25) is 5.02 Å². The zero-order valence-corrected chi connectivity index (χ0v) is 8.26. The minimum atomic E-state index is -1.16. The van der Waals surface area contributed by atoms with E-state index in [0.717, 1.165) is 12.1 Å². The number of carboxylic acid groups (broad SMARTS) is 1. The third-order valence-electron chi connectivity index (χ3n) is 1.86. The number of carboxylic acids is 1. The molecule has 1 aromatic rings. The third kappa shape index (κ3) is 2.64. The van der Waals surface area contributed by atoms with E-state index in [9.17, 15) is 13.6 Å². The van der Waals surface area contributed by atoms with Crippen LogP contribution in [0.3, 0.4) is 0 Å². The minimum Gasteiger partial charge on any atom is -0.481 e. The van der Waals surface area contributed by atoms with Crippen molar-refractivity contribution in [2.24, 2.45) is 5.73 Å². The van der Waals surface area contributed by atoms with Gasteiger partial charge in [0.25, 0.3) is 0 Å². The molecule has 1 aromatic carbocycles. The SMILES string of the molecule is NC(CC(=O)O)c1ccc(F)c(Cl)c1F. The van der Waals surface area contributed by atoms with E-state index in [1.807, 2.05) is 0 Å². The van der Waals surface area contributed by atoms with Crippen molar-refractivity contribution in [1.82, 2.24) is 0 Å². The van der Waals surface area contributed by atoms with E-state index in [4.69, 9.17) is 22.4 Å². The molecule has 0 spiro atoms. The van der Waals surface area contributed by atoms with Crippen molar-refractivity contribution in [1.29, 1.82) is 0 Å². The smallest absolute Gasteiger partial charge is 0.305 e. The van der Waals surface area contributed by atoms with Crippen molar-refractivity contribution in [3.8, 4) is 0 Å². The first kappa shape index (κ1) is 11.9. The lowest BCUT2D eigenvalue weighted by Gasteiger charge is -2.11. The molecule has 0 heterocycles. The summed E-state index contributed by atoms with van der Waals surface area (Å²) < 4.78 is 26.1. The van der Waals surface area contributed by atoms with Gasteiger partial charge in [0, 0.05) is 11.6 Å². The number of nitrogens with two attached hydrogens (primary N) is 1. The Bertz CT molecular complexity index is 398. The maximum Gasteiger partial charge on any atom is 0.305 e. The maximum absolute atomic E-state index is 13.3. The zero-order valence-electron chi connectivity index (χ0n) is 7.51. The standard InChI is InChI=1S/C9H8ClF2NO2/c10-8-5(11)2-1-4(9(8)12)6(13)3-7(14)15/h1-2,6H,3,13H2,(H,14,15). The number of hydrogen-bond acceptors (Lipinski definition) is 2. The fourth-order valence-electron chi connectivity index (χ4n) is 1.13. The highest BCUT2D eigenvalue weighted by Crippen LogP contribution is 2.26. The van der Waals surface area contributed by atoms with Crippen LogP contribution in [0.25, 0.3) is 0 Å². The first-order chi connectivity index (χ1) is 6.93. The Labute approximate surface area is 89.5 Å². The molecule has 0 fully saturated rings. The van der Waals surface area contributed by atoms with E-state index >= 15 is 0 Å². The maximum atomic E-state index is 13.3. The number of hydrogen-bond donors (Lipinski definition) is 2. The van der Waals surface area contributed by atoms with Gasteiger partial charge in [-0.05, 0) is 6.07 Å². The zero-order chi connectivity index (χ0) is 11.6. The van der Waals surface area contributed by atoms with Crippen LogP contribution in [-0.2, 0) is 4.79 Å². The van der Waals surface area contributed by atoms with Gasteiger partial charge in [0.15, 0.2) is 0 Å². The summed E-state index contributed by atoms with van der Waals surface area (Å²) in [4.78, 5) is 10.3. The van der Waals surface area contributed by atoms with Gasteiger partial charge in [-0.15, -0.1) is 0 Å². The molecule has 0 aliphatic rings. The van der Waals surface area contributed by atoms with Gasteiger partial charge in [-0.3, -0.25) is 4.79 Å². The summed E-state index contributed by atoms with van der Waals surface area (Å²) in [6.45, 7) is 0. The number of aliphatic carboxylic acids is 1. The monoisotopic (exact) mass is 235 g/mol. The van der Waals surface area contributed by atoms with Gasteiger partial charge in [0.05, 0.1) is 6.42 Å². The second-order valence-electron chi connectivity index (χ2n) is 2.97. The summed E-state index contributed by atoms with van der Waals surface area (Å²) in [6, 6.07) is 0.993. The second kappa shape index (κ2) is 4.55. The Balaban J connectivity index is 3.05. The molecule has 0 saturated heterocycles. The van der Waals surface area contributed by atoms with Gasteiger partial charge in [0.1, 0.15) is 16.7 Å². The molecule has 1 rings (SSSR count). The summed E-state index contributed by atoms with van der Waals surface area (Å²) in [5.74, 6) is -3.08. The van der Waals surface area contributed by atoms with E-state index in [1.54, 1.807) is 0 Å². The first-order valence-corrected chi connectivity index (χ1v) is 4.42. The molecule has 3 N–H and O–H groups in total. The van der Waals surface area contributed by atoms with Crippen molar-refractivity contribution < 1.29 is 18.7 Å². The Morgan fingerprint density at radius 1 is 1.53 bits per heavy atom. The van der Waals surface area contributed by atoms with Crippen LogP contribution in [0.15, 0.2) is 12.1 Å². The molecule has 1 atom stereocenters. The predicted molar refractivity (Wildman–Crippen MR) is 50.5 cm³/mol. The molecule has 6 heteroatoms. The molecule has 0 saturated carbocycles. The first-order valence-electron chi connectivity index (χ1n) is 4.04. The summed E-state index contributed by atoms with van der Waals surface area (Å²) in [6.07, 6.45) is -0.446. The normalized spacial score (nSPS) is 12.5. The summed E-state index contributed by atoms with van der Waals surface area (Å²) in [5, 5.41) is 7.78. The topological polar surface area (TPSA) is 63.3 Å². The van der Waals surface area contributed by atoms with Crippen molar-refractivity contribution in [2.75, 3.05) is 0 Å². The Hall–Kier alpha value is -1.20. The molecule has 0 aromatic heterocycles. The van der Waals surface area contributed by atoms with Crippen molar-refractivity contribution in [2.45, 2.75) is 12.5 Å². The quantitative estimate of drug-likeness (QED) is 0.789. The van der Waals surface area contributed by atoms with Crippen molar-refractivity contribution >= 4 is 17.6 Å². The van der Waals surface area contributed by atoms with Crippen LogP contribution in [0, 0.1) is 11.6 Å². The summed E-state index contributed by atoms with van der Waals surface area (Å²) >= 11 is 5.31. The van der Waals surface area contributed by atoms with Crippen LogP contribution >= 0.6 is 11.6 Å². The number of rotatable bonds is 3.